The number of para-hydroxylation sites is 1. The van der Waals surface area contributed by atoms with E-state index in [-0.39, 0.29) is 6.04 Å². The van der Waals surface area contributed by atoms with Gasteiger partial charge in [0.25, 0.3) is 0 Å². The van der Waals surface area contributed by atoms with Gasteiger partial charge in [0.15, 0.2) is 0 Å². The predicted molar refractivity (Wildman–Crippen MR) is 66.7 cm³/mol. The topological polar surface area (TPSA) is 38.5 Å². The molecule has 1 fully saturated rings. The van der Waals surface area contributed by atoms with Crippen molar-refractivity contribution >= 4 is 5.69 Å². The molecule has 1 aromatic rings. The zero-order valence-electron chi connectivity index (χ0n) is 10.0. The molecule has 2 rings (SSSR count). The molecule has 0 saturated carbocycles. The third kappa shape index (κ3) is 2.36. The molecular weight excluding hydrogens is 200 g/mol. The fourth-order valence-electron chi connectivity index (χ4n) is 2.20. The summed E-state index contributed by atoms with van der Waals surface area (Å²) in [4.78, 5) is 2.37. The second kappa shape index (κ2) is 4.85. The van der Waals surface area contributed by atoms with Gasteiger partial charge in [-0.05, 0) is 25.5 Å². The molecule has 1 aliphatic heterocycles. The molecule has 16 heavy (non-hydrogen) atoms. The standard InChI is InChI=1S/C13H20N2O/c1-10-9-15(7-8-16-10)13-6-4-3-5-12(13)11(2)14/h3-6,10-11H,7-9,14H2,1-2H3/t10?,11-/m1/s1. The van der Waals surface area contributed by atoms with Crippen LogP contribution in [-0.4, -0.2) is 25.8 Å². The van der Waals surface area contributed by atoms with Crippen LogP contribution in [0.15, 0.2) is 24.3 Å². The van der Waals surface area contributed by atoms with Gasteiger partial charge >= 0.3 is 0 Å². The van der Waals surface area contributed by atoms with Crippen molar-refractivity contribution in [2.24, 2.45) is 5.73 Å². The second-order valence-corrected chi connectivity index (χ2v) is 4.47. The first kappa shape index (κ1) is 11.4. The number of hydrogen-bond acceptors (Lipinski definition) is 3. The maximum absolute atomic E-state index is 6.00. The van der Waals surface area contributed by atoms with Gasteiger partial charge in [0, 0.05) is 24.8 Å². The van der Waals surface area contributed by atoms with E-state index in [4.69, 9.17) is 10.5 Å². The highest BCUT2D eigenvalue weighted by atomic mass is 16.5. The number of benzene rings is 1. The van der Waals surface area contributed by atoms with E-state index in [2.05, 4.69) is 30.0 Å². The van der Waals surface area contributed by atoms with Crippen LogP contribution < -0.4 is 10.6 Å². The summed E-state index contributed by atoms with van der Waals surface area (Å²) in [7, 11) is 0. The van der Waals surface area contributed by atoms with Crippen LogP contribution >= 0.6 is 0 Å². The van der Waals surface area contributed by atoms with Gasteiger partial charge in [-0.3, -0.25) is 0 Å². The third-order valence-corrected chi connectivity index (χ3v) is 3.01. The number of nitrogens with zero attached hydrogens (tertiary/aromatic N) is 1. The Kier molecular flexibility index (Phi) is 3.46. The Morgan fingerprint density at radius 2 is 2.19 bits per heavy atom. The number of hydrogen-bond donors (Lipinski definition) is 1. The van der Waals surface area contributed by atoms with E-state index in [1.165, 1.54) is 11.3 Å². The molecule has 3 heteroatoms. The molecule has 3 nitrogen and oxygen atoms in total. The van der Waals surface area contributed by atoms with E-state index >= 15 is 0 Å². The molecule has 1 unspecified atom stereocenters. The summed E-state index contributed by atoms with van der Waals surface area (Å²) in [5.41, 5.74) is 8.47. The minimum atomic E-state index is 0.0781. The summed E-state index contributed by atoms with van der Waals surface area (Å²) in [5.74, 6) is 0. The van der Waals surface area contributed by atoms with Crippen LogP contribution in [0.1, 0.15) is 25.5 Å². The van der Waals surface area contributed by atoms with Crippen molar-refractivity contribution in [2.45, 2.75) is 26.0 Å². The van der Waals surface area contributed by atoms with E-state index in [0.717, 1.165) is 19.7 Å². The minimum absolute atomic E-state index is 0.0781. The van der Waals surface area contributed by atoms with Crippen LogP contribution in [-0.2, 0) is 4.74 Å². The molecular formula is C13H20N2O. The van der Waals surface area contributed by atoms with Crippen molar-refractivity contribution in [3.8, 4) is 0 Å². The molecule has 2 N–H and O–H groups in total. The summed E-state index contributed by atoms with van der Waals surface area (Å²) in [6.07, 6.45) is 0.301. The molecule has 0 radical (unpaired) electrons. The monoisotopic (exact) mass is 220 g/mol. The third-order valence-electron chi connectivity index (χ3n) is 3.01. The number of rotatable bonds is 2. The number of morpholine rings is 1. The minimum Gasteiger partial charge on any atom is -0.375 e. The van der Waals surface area contributed by atoms with E-state index in [0.29, 0.717) is 6.10 Å². The summed E-state index contributed by atoms with van der Waals surface area (Å²) < 4.78 is 5.56. The van der Waals surface area contributed by atoms with Gasteiger partial charge in [0.1, 0.15) is 0 Å². The Hall–Kier alpha value is -1.06. The molecule has 0 amide bonds. The highest BCUT2D eigenvalue weighted by molar-refractivity contribution is 5.55. The first-order chi connectivity index (χ1) is 7.68. The van der Waals surface area contributed by atoms with Crippen LogP contribution in [0.2, 0.25) is 0 Å². The van der Waals surface area contributed by atoms with Crippen LogP contribution in [0.5, 0.6) is 0 Å². The lowest BCUT2D eigenvalue weighted by molar-refractivity contribution is 0.0531. The molecule has 0 aromatic heterocycles. The van der Waals surface area contributed by atoms with Crippen molar-refractivity contribution < 1.29 is 4.74 Å². The van der Waals surface area contributed by atoms with Gasteiger partial charge < -0.3 is 15.4 Å². The van der Waals surface area contributed by atoms with Crippen LogP contribution in [0.3, 0.4) is 0 Å². The fourth-order valence-corrected chi connectivity index (χ4v) is 2.20. The van der Waals surface area contributed by atoms with Crippen LogP contribution in [0, 0.1) is 0 Å². The molecule has 1 saturated heterocycles. The fraction of sp³-hybridized carbons (Fsp3) is 0.538. The Balaban J connectivity index is 2.25. The summed E-state index contributed by atoms with van der Waals surface area (Å²) in [6.45, 7) is 6.84. The number of anilines is 1. The van der Waals surface area contributed by atoms with E-state index < -0.39 is 0 Å². The smallest absolute Gasteiger partial charge is 0.0722 e. The lowest BCUT2D eigenvalue weighted by Crippen LogP contribution is -2.41. The molecule has 1 aliphatic rings. The highest BCUT2D eigenvalue weighted by Gasteiger charge is 2.19. The number of ether oxygens (including phenoxy) is 1. The van der Waals surface area contributed by atoms with Gasteiger partial charge in [-0.1, -0.05) is 18.2 Å². The first-order valence-corrected chi connectivity index (χ1v) is 5.89. The van der Waals surface area contributed by atoms with E-state index in [9.17, 15) is 0 Å². The molecule has 1 heterocycles. The van der Waals surface area contributed by atoms with Gasteiger partial charge in [-0.15, -0.1) is 0 Å². The average molecular weight is 220 g/mol. The maximum atomic E-state index is 6.00. The molecule has 0 spiro atoms. The predicted octanol–water partition coefficient (Wildman–Crippen LogP) is 1.93. The Labute approximate surface area is 97.2 Å². The summed E-state index contributed by atoms with van der Waals surface area (Å²) in [6, 6.07) is 8.46. The zero-order valence-corrected chi connectivity index (χ0v) is 10.0. The molecule has 0 aliphatic carbocycles. The van der Waals surface area contributed by atoms with Crippen molar-refractivity contribution in [3.05, 3.63) is 29.8 Å². The van der Waals surface area contributed by atoms with Crippen molar-refractivity contribution in [1.82, 2.24) is 0 Å². The second-order valence-electron chi connectivity index (χ2n) is 4.47. The lowest BCUT2D eigenvalue weighted by atomic mass is 10.1. The molecule has 1 aromatic carbocycles. The average Bonchev–Trinajstić information content (AvgIpc) is 2.29. The quantitative estimate of drug-likeness (QED) is 0.827. The first-order valence-electron chi connectivity index (χ1n) is 5.89. The highest BCUT2D eigenvalue weighted by Crippen LogP contribution is 2.26. The van der Waals surface area contributed by atoms with E-state index in [1.54, 1.807) is 0 Å². The summed E-state index contributed by atoms with van der Waals surface area (Å²) in [5, 5.41) is 0. The van der Waals surface area contributed by atoms with E-state index in [1.807, 2.05) is 13.0 Å². The Bertz CT molecular complexity index is 352. The normalized spacial score (nSPS) is 23.2. The lowest BCUT2D eigenvalue weighted by Gasteiger charge is -2.34. The zero-order chi connectivity index (χ0) is 11.5. The largest absolute Gasteiger partial charge is 0.375 e. The van der Waals surface area contributed by atoms with Crippen molar-refractivity contribution in [2.75, 3.05) is 24.6 Å². The van der Waals surface area contributed by atoms with Gasteiger partial charge in [-0.25, -0.2) is 0 Å². The SMILES string of the molecule is CC1CN(c2ccccc2[C@@H](C)N)CCO1. The van der Waals surface area contributed by atoms with Crippen LogP contribution in [0.25, 0.3) is 0 Å². The Morgan fingerprint density at radius 3 is 2.88 bits per heavy atom. The van der Waals surface area contributed by atoms with Crippen molar-refractivity contribution in [1.29, 1.82) is 0 Å². The molecule has 0 bridgehead atoms. The van der Waals surface area contributed by atoms with Gasteiger partial charge in [0.05, 0.1) is 12.7 Å². The Morgan fingerprint density at radius 1 is 1.44 bits per heavy atom. The van der Waals surface area contributed by atoms with Gasteiger partial charge in [-0.2, -0.15) is 0 Å². The maximum Gasteiger partial charge on any atom is 0.0722 e. The van der Waals surface area contributed by atoms with Crippen LogP contribution in [0.4, 0.5) is 5.69 Å². The van der Waals surface area contributed by atoms with Crippen molar-refractivity contribution in [3.63, 3.8) is 0 Å². The number of nitrogens with two attached hydrogens (primary N) is 1. The molecule has 88 valence electrons. The van der Waals surface area contributed by atoms with Gasteiger partial charge in [0.2, 0.25) is 0 Å². The summed E-state index contributed by atoms with van der Waals surface area (Å²) >= 11 is 0. The molecule has 2 atom stereocenters.